The predicted molar refractivity (Wildman–Crippen MR) is 143 cm³/mol. The minimum atomic E-state index is -3.64. The topological polar surface area (TPSA) is 154 Å². The minimum Gasteiger partial charge on any atom is -0.367 e. The van der Waals surface area contributed by atoms with Crippen LogP contribution in [0.25, 0.3) is 0 Å². The highest BCUT2D eigenvalue weighted by Crippen LogP contribution is 2.14. The summed E-state index contributed by atoms with van der Waals surface area (Å²) in [6.45, 7) is 2.22. The van der Waals surface area contributed by atoms with Crippen molar-refractivity contribution in [1.82, 2.24) is 10.6 Å². The van der Waals surface area contributed by atoms with Gasteiger partial charge >= 0.3 is 0 Å². The number of rotatable bonds is 13. The first-order valence-electron chi connectivity index (χ1n) is 12.5. The first-order chi connectivity index (χ1) is 17.8. The number of hydrogen-bond donors (Lipinski definition) is 4. The van der Waals surface area contributed by atoms with Crippen molar-refractivity contribution in [3.63, 3.8) is 0 Å². The fraction of sp³-hybridized carbons (Fsp3) is 0.407. The highest BCUT2D eigenvalue weighted by Gasteiger charge is 2.23. The monoisotopic (exact) mass is 528 g/mol. The Hall–Kier alpha value is -2.89. The number of morpholine rings is 1. The Balaban J connectivity index is 1.60. The van der Waals surface area contributed by atoms with Gasteiger partial charge in [-0.25, -0.2) is 8.42 Å². The molecule has 0 saturated carbocycles. The van der Waals surface area contributed by atoms with Gasteiger partial charge in [-0.3, -0.25) is 9.59 Å². The number of ketones is 1. The fourth-order valence-corrected chi connectivity index (χ4v) is 5.06. The molecular formula is C27H36N4O5S. The molecule has 1 aliphatic heterocycles. The van der Waals surface area contributed by atoms with E-state index < -0.39 is 28.0 Å². The molecule has 1 fully saturated rings. The van der Waals surface area contributed by atoms with Crippen molar-refractivity contribution in [1.29, 1.82) is 0 Å². The fourth-order valence-electron chi connectivity index (χ4n) is 3.97. The Morgan fingerprint density at radius 3 is 2.49 bits per heavy atom. The molecule has 0 aliphatic carbocycles. The molecule has 1 aliphatic rings. The quantitative estimate of drug-likeness (QED) is 0.224. The van der Waals surface area contributed by atoms with E-state index in [0.29, 0.717) is 31.7 Å². The smallest absolute Gasteiger partial charge is 0.237 e. The molecule has 1 amide bonds. The van der Waals surface area contributed by atoms with Crippen LogP contribution in [0, 0.1) is 0 Å². The second-order valence-corrected chi connectivity index (χ2v) is 10.9. The molecule has 3 atom stereocenters. The second-order valence-electron chi connectivity index (χ2n) is 9.02. The third kappa shape index (κ3) is 8.87. The van der Waals surface area contributed by atoms with Crippen LogP contribution in [0.2, 0.25) is 0 Å². The lowest BCUT2D eigenvalue weighted by Gasteiger charge is -2.22. The van der Waals surface area contributed by atoms with Crippen molar-refractivity contribution in [3.8, 4) is 0 Å². The third-order valence-electron chi connectivity index (χ3n) is 6.11. The van der Waals surface area contributed by atoms with Gasteiger partial charge in [0.2, 0.25) is 5.91 Å². The summed E-state index contributed by atoms with van der Waals surface area (Å²) >= 11 is 0. The van der Waals surface area contributed by atoms with Gasteiger partial charge in [-0.1, -0.05) is 48.5 Å². The van der Waals surface area contributed by atoms with E-state index in [1.807, 2.05) is 0 Å². The predicted octanol–water partition coefficient (Wildman–Crippen LogP) is 1.33. The molecule has 10 heteroatoms. The lowest BCUT2D eigenvalue weighted by Crippen LogP contribution is -2.46. The second kappa shape index (κ2) is 14.2. The molecule has 1 saturated heterocycles. The van der Waals surface area contributed by atoms with Crippen LogP contribution in [0.3, 0.4) is 0 Å². The van der Waals surface area contributed by atoms with Gasteiger partial charge in [0.1, 0.15) is 6.10 Å². The number of benzene rings is 2. The van der Waals surface area contributed by atoms with Crippen molar-refractivity contribution >= 4 is 21.5 Å². The number of unbranched alkanes of at least 4 members (excludes halogenated alkanes) is 1. The van der Waals surface area contributed by atoms with Crippen LogP contribution in [0.15, 0.2) is 71.0 Å². The molecule has 0 bridgehead atoms. The van der Waals surface area contributed by atoms with Gasteiger partial charge in [0.25, 0.3) is 0 Å². The van der Waals surface area contributed by atoms with E-state index in [-0.39, 0.29) is 23.0 Å². The van der Waals surface area contributed by atoms with Gasteiger partial charge in [0.15, 0.2) is 15.6 Å². The number of ether oxygens (including phenoxy) is 1. The molecule has 0 spiro atoms. The number of carbonyl (C=O) groups excluding carboxylic acids is 2. The highest BCUT2D eigenvalue weighted by atomic mass is 32.2. The maximum Gasteiger partial charge on any atom is 0.237 e. The Bertz CT molecular complexity index is 1150. The maximum atomic E-state index is 12.8. The average Bonchev–Trinajstić information content (AvgIpc) is 2.92. The average molecular weight is 529 g/mol. The molecule has 1 heterocycles. The van der Waals surface area contributed by atoms with Gasteiger partial charge in [-0.05, 0) is 49.9 Å². The zero-order valence-electron chi connectivity index (χ0n) is 20.8. The van der Waals surface area contributed by atoms with Crippen LogP contribution in [0.4, 0.5) is 0 Å². The Labute approximate surface area is 218 Å². The van der Waals surface area contributed by atoms with Crippen LogP contribution < -0.4 is 22.1 Å². The first kappa shape index (κ1) is 28.7. The molecule has 200 valence electrons. The third-order valence-corrected chi connectivity index (χ3v) is 7.55. The number of amides is 1. The maximum absolute atomic E-state index is 12.8. The van der Waals surface area contributed by atoms with Gasteiger partial charge in [0, 0.05) is 30.1 Å². The first-order valence-corrected chi connectivity index (χ1v) is 14.0. The number of Topliss-reactive ketones (excluding diaryl/α,β-unsaturated/α-hetero) is 1. The van der Waals surface area contributed by atoms with Gasteiger partial charge in [-0.15, -0.1) is 0 Å². The number of sulfone groups is 1. The lowest BCUT2D eigenvalue weighted by molar-refractivity contribution is -0.122. The molecule has 9 nitrogen and oxygen atoms in total. The van der Waals surface area contributed by atoms with E-state index in [0.717, 1.165) is 30.4 Å². The molecule has 0 aromatic heterocycles. The summed E-state index contributed by atoms with van der Waals surface area (Å²) in [6.07, 6.45) is 3.27. The van der Waals surface area contributed by atoms with E-state index in [4.69, 9.17) is 16.2 Å². The Kier molecular flexibility index (Phi) is 11.0. The van der Waals surface area contributed by atoms with Crippen LogP contribution in [0.5, 0.6) is 0 Å². The SMILES string of the molecule is NCCCC[C@@H](C=CS(=O)(=O)c1ccccc1)NC(=O)[C@@H](N)Cc1ccc(C(=O)C2CNCCO2)cc1. The standard InChI is InChI=1S/C27H36N4O5S/c28-14-5-4-6-22(13-17-37(34,35)23-7-2-1-3-8-23)31-27(33)24(29)18-20-9-11-21(12-10-20)26(32)25-19-30-15-16-36-25/h1-3,7-13,17,22,24-25,30H,4-6,14-16,18-19,28-29H2,(H,31,33)/t22-,24-,25?/m0/s1. The molecule has 6 N–H and O–H groups in total. The van der Waals surface area contributed by atoms with Crippen LogP contribution >= 0.6 is 0 Å². The van der Waals surface area contributed by atoms with E-state index in [9.17, 15) is 18.0 Å². The molecule has 37 heavy (non-hydrogen) atoms. The van der Waals surface area contributed by atoms with E-state index in [2.05, 4.69) is 10.6 Å². The molecule has 2 aromatic rings. The van der Waals surface area contributed by atoms with E-state index in [1.165, 1.54) is 18.2 Å². The largest absolute Gasteiger partial charge is 0.367 e. The van der Waals surface area contributed by atoms with Crippen LogP contribution in [0.1, 0.15) is 35.2 Å². The van der Waals surface area contributed by atoms with E-state index >= 15 is 0 Å². The molecule has 0 radical (unpaired) electrons. The van der Waals surface area contributed by atoms with E-state index in [1.54, 1.807) is 42.5 Å². The molecule has 3 rings (SSSR count). The zero-order chi connectivity index (χ0) is 26.7. The lowest BCUT2D eigenvalue weighted by atomic mass is 10.00. The molecule has 1 unspecified atom stereocenters. The highest BCUT2D eigenvalue weighted by molar-refractivity contribution is 7.94. The Morgan fingerprint density at radius 2 is 1.84 bits per heavy atom. The van der Waals surface area contributed by atoms with Crippen molar-refractivity contribution < 1.29 is 22.7 Å². The van der Waals surface area contributed by atoms with Gasteiger partial charge in [0.05, 0.1) is 17.5 Å². The van der Waals surface area contributed by atoms with Crippen molar-refractivity contribution in [2.24, 2.45) is 11.5 Å². The summed E-state index contributed by atoms with van der Waals surface area (Å²) in [5.41, 5.74) is 13.1. The Morgan fingerprint density at radius 1 is 1.11 bits per heavy atom. The van der Waals surface area contributed by atoms with Crippen molar-refractivity contribution in [3.05, 3.63) is 77.2 Å². The van der Waals surface area contributed by atoms with Crippen LogP contribution in [-0.4, -0.2) is 64.5 Å². The summed E-state index contributed by atoms with van der Waals surface area (Å²) in [6, 6.07) is 13.7. The normalized spacial score (nSPS) is 17.8. The van der Waals surface area contributed by atoms with Crippen molar-refractivity contribution in [2.75, 3.05) is 26.2 Å². The van der Waals surface area contributed by atoms with Crippen molar-refractivity contribution in [2.45, 2.75) is 48.8 Å². The van der Waals surface area contributed by atoms with Gasteiger partial charge in [-0.2, -0.15) is 0 Å². The molecular weight excluding hydrogens is 492 g/mol. The van der Waals surface area contributed by atoms with Crippen LogP contribution in [-0.2, 0) is 25.8 Å². The number of carbonyl (C=O) groups is 2. The summed E-state index contributed by atoms with van der Waals surface area (Å²) in [4.78, 5) is 25.6. The summed E-state index contributed by atoms with van der Waals surface area (Å²) in [5.74, 6) is -0.473. The number of hydrogen-bond acceptors (Lipinski definition) is 8. The summed E-state index contributed by atoms with van der Waals surface area (Å²) < 4.78 is 30.8. The summed E-state index contributed by atoms with van der Waals surface area (Å²) in [5, 5.41) is 7.13. The summed E-state index contributed by atoms with van der Waals surface area (Å²) in [7, 11) is -3.64. The minimum absolute atomic E-state index is 0.0849. The van der Waals surface area contributed by atoms with Gasteiger partial charge < -0.3 is 26.8 Å². The number of nitrogens with two attached hydrogens (primary N) is 2. The number of nitrogens with one attached hydrogen (secondary N) is 2. The zero-order valence-corrected chi connectivity index (χ0v) is 21.7. The molecule has 2 aromatic carbocycles.